The summed E-state index contributed by atoms with van der Waals surface area (Å²) in [5.41, 5.74) is 0. The Morgan fingerprint density at radius 1 is 1.56 bits per heavy atom. The van der Waals surface area contributed by atoms with E-state index in [1.165, 1.54) is 0 Å². The summed E-state index contributed by atoms with van der Waals surface area (Å²) in [6.07, 6.45) is 0.798. The Labute approximate surface area is 101 Å². The summed E-state index contributed by atoms with van der Waals surface area (Å²) in [6, 6.07) is -0.584. The maximum absolute atomic E-state index is 11.4. The molecule has 0 aliphatic carbocycles. The van der Waals surface area contributed by atoms with Crippen LogP contribution in [0.5, 0.6) is 0 Å². The molecule has 1 unspecified atom stereocenters. The minimum atomic E-state index is -0.892. The lowest BCUT2D eigenvalue weighted by molar-refractivity contribution is -0.153. The lowest BCUT2D eigenvalue weighted by atomic mass is 10.1. The number of esters is 1. The van der Waals surface area contributed by atoms with E-state index in [1.807, 2.05) is 6.92 Å². The standard InChI is InChI=1S/C10H17NO4.ClH/c1-3-6(2)10(14)15-7-4-8(9(12)13)11-5-7;/h6-8,11H,3-5H2,1-2H3,(H,12,13);1H/t6?,7-,8+;/m1./s1. The Morgan fingerprint density at radius 3 is 2.62 bits per heavy atom. The lowest BCUT2D eigenvalue weighted by Gasteiger charge is -2.14. The second kappa shape index (κ2) is 6.70. The smallest absolute Gasteiger partial charge is 0.320 e. The van der Waals surface area contributed by atoms with Gasteiger partial charge < -0.3 is 15.2 Å². The van der Waals surface area contributed by atoms with Crippen molar-refractivity contribution in [1.29, 1.82) is 0 Å². The van der Waals surface area contributed by atoms with E-state index in [1.54, 1.807) is 6.92 Å². The van der Waals surface area contributed by atoms with Gasteiger partial charge in [0.25, 0.3) is 0 Å². The van der Waals surface area contributed by atoms with Gasteiger partial charge in [-0.1, -0.05) is 13.8 Å². The first-order valence-corrected chi connectivity index (χ1v) is 5.21. The molecule has 1 fully saturated rings. The zero-order valence-corrected chi connectivity index (χ0v) is 10.3. The van der Waals surface area contributed by atoms with Crippen LogP contribution in [0.2, 0.25) is 0 Å². The first kappa shape index (κ1) is 15.2. The monoisotopic (exact) mass is 251 g/mol. The number of carboxylic acids is 1. The van der Waals surface area contributed by atoms with E-state index in [9.17, 15) is 9.59 Å². The summed E-state index contributed by atoms with van der Waals surface area (Å²) in [7, 11) is 0. The van der Waals surface area contributed by atoms with Crippen LogP contribution in [0.15, 0.2) is 0 Å². The molecule has 0 aromatic heterocycles. The van der Waals surface area contributed by atoms with Gasteiger partial charge in [-0.3, -0.25) is 9.59 Å². The van der Waals surface area contributed by atoms with Gasteiger partial charge in [-0.25, -0.2) is 0 Å². The summed E-state index contributed by atoms with van der Waals surface area (Å²) in [5, 5.41) is 11.5. The van der Waals surface area contributed by atoms with Crippen molar-refractivity contribution in [1.82, 2.24) is 5.32 Å². The third-order valence-corrected chi connectivity index (χ3v) is 2.69. The van der Waals surface area contributed by atoms with Crippen LogP contribution in [0.4, 0.5) is 0 Å². The average Bonchev–Trinajstić information content (AvgIpc) is 2.65. The van der Waals surface area contributed by atoms with E-state index in [0.717, 1.165) is 6.42 Å². The Balaban J connectivity index is 0.00000225. The molecule has 1 rings (SSSR count). The van der Waals surface area contributed by atoms with Crippen LogP contribution in [0.3, 0.4) is 0 Å². The van der Waals surface area contributed by atoms with Crippen LogP contribution < -0.4 is 5.32 Å². The molecule has 0 aromatic carbocycles. The molecule has 1 aliphatic heterocycles. The van der Waals surface area contributed by atoms with Crippen molar-refractivity contribution in [2.75, 3.05) is 6.54 Å². The maximum atomic E-state index is 11.4. The zero-order chi connectivity index (χ0) is 11.4. The second-order valence-electron chi connectivity index (χ2n) is 3.90. The number of halogens is 1. The minimum absolute atomic E-state index is 0. The fraction of sp³-hybridized carbons (Fsp3) is 0.800. The highest BCUT2D eigenvalue weighted by atomic mass is 35.5. The normalized spacial score (nSPS) is 25.6. The number of carbonyl (C=O) groups excluding carboxylic acids is 1. The summed E-state index contributed by atoms with van der Waals surface area (Å²) >= 11 is 0. The molecule has 16 heavy (non-hydrogen) atoms. The summed E-state index contributed by atoms with van der Waals surface area (Å²) in [6.45, 7) is 4.15. The summed E-state index contributed by atoms with van der Waals surface area (Å²) in [4.78, 5) is 22.0. The van der Waals surface area contributed by atoms with Crippen LogP contribution in [0.1, 0.15) is 26.7 Å². The van der Waals surface area contributed by atoms with Crippen LogP contribution in [-0.4, -0.2) is 35.7 Å². The van der Waals surface area contributed by atoms with Gasteiger partial charge >= 0.3 is 11.9 Å². The third-order valence-electron chi connectivity index (χ3n) is 2.69. The van der Waals surface area contributed by atoms with Crippen molar-refractivity contribution in [2.45, 2.75) is 38.8 Å². The highest BCUT2D eigenvalue weighted by Crippen LogP contribution is 2.13. The third kappa shape index (κ3) is 3.98. The molecule has 1 aliphatic rings. The van der Waals surface area contributed by atoms with Crippen molar-refractivity contribution in [2.24, 2.45) is 5.92 Å². The van der Waals surface area contributed by atoms with Gasteiger partial charge in [0.15, 0.2) is 0 Å². The van der Waals surface area contributed by atoms with Crippen LogP contribution in [0.25, 0.3) is 0 Å². The fourth-order valence-electron chi connectivity index (χ4n) is 1.43. The number of nitrogens with one attached hydrogen (secondary N) is 1. The average molecular weight is 252 g/mol. The van der Waals surface area contributed by atoms with E-state index in [0.29, 0.717) is 13.0 Å². The Morgan fingerprint density at radius 2 is 2.19 bits per heavy atom. The minimum Gasteiger partial charge on any atom is -0.480 e. The van der Waals surface area contributed by atoms with Gasteiger partial charge in [-0.15, -0.1) is 12.4 Å². The van der Waals surface area contributed by atoms with Crippen LogP contribution in [-0.2, 0) is 14.3 Å². The number of hydrogen-bond donors (Lipinski definition) is 2. The van der Waals surface area contributed by atoms with Gasteiger partial charge in [0.2, 0.25) is 0 Å². The van der Waals surface area contributed by atoms with E-state index in [-0.39, 0.29) is 30.4 Å². The SMILES string of the molecule is CCC(C)C(=O)O[C@H]1CN[C@H](C(=O)O)C1.Cl. The Hall–Kier alpha value is -0.810. The van der Waals surface area contributed by atoms with Crippen molar-refractivity contribution in [3.8, 4) is 0 Å². The molecule has 0 saturated carbocycles. The zero-order valence-electron chi connectivity index (χ0n) is 9.43. The highest BCUT2D eigenvalue weighted by Gasteiger charge is 2.32. The molecule has 5 nitrogen and oxygen atoms in total. The number of ether oxygens (including phenoxy) is 1. The predicted octanol–water partition coefficient (Wildman–Crippen LogP) is 0.813. The van der Waals surface area contributed by atoms with Gasteiger partial charge in [0, 0.05) is 13.0 Å². The number of carbonyl (C=O) groups is 2. The van der Waals surface area contributed by atoms with E-state index < -0.39 is 12.0 Å². The molecule has 0 radical (unpaired) electrons. The largest absolute Gasteiger partial charge is 0.480 e. The fourth-order valence-corrected chi connectivity index (χ4v) is 1.43. The second-order valence-corrected chi connectivity index (χ2v) is 3.90. The van der Waals surface area contributed by atoms with Gasteiger partial charge in [-0.05, 0) is 6.42 Å². The first-order chi connectivity index (χ1) is 7.04. The number of aliphatic carboxylic acids is 1. The molecule has 1 heterocycles. The summed E-state index contributed by atoms with van der Waals surface area (Å²) in [5.74, 6) is -1.25. The highest BCUT2D eigenvalue weighted by molar-refractivity contribution is 5.85. The number of rotatable bonds is 4. The van der Waals surface area contributed by atoms with Crippen molar-refractivity contribution in [3.63, 3.8) is 0 Å². The van der Waals surface area contributed by atoms with Crippen molar-refractivity contribution in [3.05, 3.63) is 0 Å². The van der Waals surface area contributed by atoms with Crippen LogP contribution in [0, 0.1) is 5.92 Å². The topological polar surface area (TPSA) is 75.6 Å². The first-order valence-electron chi connectivity index (χ1n) is 5.21. The van der Waals surface area contributed by atoms with Crippen molar-refractivity contribution >= 4 is 24.3 Å². The molecule has 0 bridgehead atoms. The van der Waals surface area contributed by atoms with Gasteiger partial charge in [0.05, 0.1) is 5.92 Å². The molecule has 6 heteroatoms. The molecule has 3 atom stereocenters. The van der Waals surface area contributed by atoms with E-state index >= 15 is 0 Å². The molecule has 2 N–H and O–H groups in total. The molecular formula is C10H18ClNO4. The van der Waals surface area contributed by atoms with Gasteiger partial charge in [0.1, 0.15) is 12.1 Å². The maximum Gasteiger partial charge on any atom is 0.320 e. The predicted molar refractivity (Wildman–Crippen MR) is 60.6 cm³/mol. The van der Waals surface area contributed by atoms with E-state index in [2.05, 4.69) is 5.32 Å². The molecule has 0 amide bonds. The molecule has 1 saturated heterocycles. The quantitative estimate of drug-likeness (QED) is 0.724. The Kier molecular flexibility index (Phi) is 6.36. The number of hydrogen-bond acceptors (Lipinski definition) is 4. The molecular weight excluding hydrogens is 234 g/mol. The summed E-state index contributed by atoms with van der Waals surface area (Å²) < 4.78 is 5.18. The molecule has 94 valence electrons. The van der Waals surface area contributed by atoms with Crippen molar-refractivity contribution < 1.29 is 19.4 Å². The number of carboxylic acid groups (broad SMARTS) is 1. The van der Waals surface area contributed by atoms with Gasteiger partial charge in [-0.2, -0.15) is 0 Å². The van der Waals surface area contributed by atoms with E-state index in [4.69, 9.17) is 9.84 Å². The Bertz CT molecular complexity index is 259. The van der Waals surface area contributed by atoms with Crippen LogP contribution >= 0.6 is 12.4 Å². The molecule has 0 aromatic rings. The molecule has 0 spiro atoms. The lowest BCUT2D eigenvalue weighted by Crippen LogP contribution is -2.30.